The molecule has 0 spiro atoms. The van der Waals surface area contributed by atoms with Crippen LogP contribution in [0.15, 0.2) is 41.3 Å². The van der Waals surface area contributed by atoms with E-state index in [1.165, 1.54) is 18.6 Å². The number of amides is 2. The van der Waals surface area contributed by atoms with Gasteiger partial charge in [-0.3, -0.25) is 9.20 Å². The van der Waals surface area contributed by atoms with Gasteiger partial charge >= 0.3 is 6.03 Å². The summed E-state index contributed by atoms with van der Waals surface area (Å²) in [6.07, 6.45) is 1.64. The van der Waals surface area contributed by atoms with Crippen LogP contribution in [0, 0.1) is 13.8 Å². The predicted molar refractivity (Wildman–Crippen MR) is 103 cm³/mol. The van der Waals surface area contributed by atoms with Crippen LogP contribution in [0.1, 0.15) is 11.3 Å². The van der Waals surface area contributed by atoms with Crippen molar-refractivity contribution in [3.05, 3.63) is 58.1 Å². The van der Waals surface area contributed by atoms with Crippen molar-refractivity contribution in [3.63, 3.8) is 0 Å². The van der Waals surface area contributed by atoms with Gasteiger partial charge in [0.25, 0.3) is 5.56 Å². The molecule has 27 heavy (non-hydrogen) atoms. The number of pyridine rings is 1. The average molecular weight is 368 g/mol. The van der Waals surface area contributed by atoms with Crippen molar-refractivity contribution in [2.75, 3.05) is 24.9 Å². The molecule has 0 bridgehead atoms. The maximum Gasteiger partial charge on any atom is 0.323 e. The molecule has 2 amide bonds. The fourth-order valence-electron chi connectivity index (χ4n) is 2.68. The zero-order valence-electron chi connectivity index (χ0n) is 15.5. The van der Waals surface area contributed by atoms with Gasteiger partial charge in [0.15, 0.2) is 11.5 Å². The van der Waals surface area contributed by atoms with Crippen LogP contribution in [0.25, 0.3) is 5.65 Å². The van der Waals surface area contributed by atoms with E-state index in [0.717, 1.165) is 5.56 Å². The van der Waals surface area contributed by atoms with E-state index >= 15 is 0 Å². The van der Waals surface area contributed by atoms with Gasteiger partial charge in [0, 0.05) is 18.0 Å². The number of carbonyl (C=O) groups is 1. The number of aromatic nitrogens is 2. The van der Waals surface area contributed by atoms with E-state index in [2.05, 4.69) is 15.6 Å². The molecule has 8 heteroatoms. The summed E-state index contributed by atoms with van der Waals surface area (Å²) in [5, 5.41) is 5.25. The Bertz CT molecular complexity index is 1080. The van der Waals surface area contributed by atoms with E-state index in [9.17, 15) is 9.59 Å². The lowest BCUT2D eigenvalue weighted by Crippen LogP contribution is -2.27. The molecule has 0 atom stereocenters. The van der Waals surface area contributed by atoms with Crippen LogP contribution in [-0.2, 0) is 0 Å². The highest BCUT2D eigenvalue weighted by molar-refractivity contribution is 6.00. The molecule has 8 nitrogen and oxygen atoms in total. The molecule has 0 fully saturated rings. The van der Waals surface area contributed by atoms with Gasteiger partial charge in [-0.2, -0.15) is 0 Å². The first-order chi connectivity index (χ1) is 12.9. The number of fused-ring (bicyclic) bond motifs is 1. The lowest BCUT2D eigenvalue weighted by atomic mass is 10.2. The van der Waals surface area contributed by atoms with Crippen LogP contribution in [0.2, 0.25) is 0 Å². The fourth-order valence-corrected chi connectivity index (χ4v) is 2.68. The molecule has 0 aliphatic rings. The van der Waals surface area contributed by atoms with Gasteiger partial charge < -0.3 is 20.1 Å². The van der Waals surface area contributed by atoms with Gasteiger partial charge in [-0.1, -0.05) is 0 Å². The minimum absolute atomic E-state index is 0.120. The number of urea groups is 1. The molecule has 0 aliphatic heterocycles. The van der Waals surface area contributed by atoms with E-state index < -0.39 is 6.03 Å². The van der Waals surface area contributed by atoms with E-state index in [1.54, 1.807) is 37.4 Å². The quantitative estimate of drug-likeness (QED) is 0.738. The highest BCUT2D eigenvalue weighted by Crippen LogP contribution is 2.29. The Labute approximate surface area is 155 Å². The van der Waals surface area contributed by atoms with Crippen molar-refractivity contribution in [2.45, 2.75) is 13.8 Å². The van der Waals surface area contributed by atoms with Gasteiger partial charge in [-0.25, -0.2) is 9.78 Å². The molecule has 2 heterocycles. The number of anilines is 2. The summed E-state index contributed by atoms with van der Waals surface area (Å²) in [5.41, 5.74) is 2.23. The van der Waals surface area contributed by atoms with E-state index in [0.29, 0.717) is 28.5 Å². The first-order valence-electron chi connectivity index (χ1n) is 8.22. The molecule has 3 aromatic rings. The normalized spacial score (nSPS) is 10.5. The summed E-state index contributed by atoms with van der Waals surface area (Å²) in [7, 11) is 3.04. The standard InChI is InChI=1S/C19H20N4O4/c1-11-7-8-23-16(9-11)20-12(2)17(18(23)24)22-19(25)21-13-5-6-14(26-3)15(10-13)27-4/h5-10H,1-4H3,(H2,21,22,25). The molecular formula is C19H20N4O4. The third kappa shape index (κ3) is 3.69. The van der Waals surface area contributed by atoms with Gasteiger partial charge in [0.1, 0.15) is 11.3 Å². The highest BCUT2D eigenvalue weighted by Gasteiger charge is 2.14. The lowest BCUT2D eigenvalue weighted by Gasteiger charge is -2.12. The Kier molecular flexibility index (Phi) is 4.98. The second-order valence-corrected chi connectivity index (χ2v) is 5.96. The Morgan fingerprint density at radius 2 is 1.78 bits per heavy atom. The van der Waals surface area contributed by atoms with Crippen molar-refractivity contribution in [1.82, 2.24) is 9.38 Å². The number of carbonyl (C=O) groups excluding carboxylic acids is 1. The van der Waals surface area contributed by atoms with Gasteiger partial charge in [0.2, 0.25) is 0 Å². The smallest absolute Gasteiger partial charge is 0.323 e. The number of methoxy groups -OCH3 is 2. The van der Waals surface area contributed by atoms with Crippen LogP contribution in [0.3, 0.4) is 0 Å². The number of benzene rings is 1. The van der Waals surface area contributed by atoms with Crippen molar-refractivity contribution in [2.24, 2.45) is 0 Å². The molecule has 0 saturated carbocycles. The number of ether oxygens (including phenoxy) is 2. The summed E-state index contributed by atoms with van der Waals surface area (Å²) in [6, 6.07) is 8.02. The SMILES string of the molecule is COc1ccc(NC(=O)Nc2c(C)nc3cc(C)ccn3c2=O)cc1OC. The van der Waals surface area contributed by atoms with E-state index in [1.807, 2.05) is 13.0 Å². The molecule has 3 rings (SSSR count). The number of nitrogens with one attached hydrogen (secondary N) is 2. The number of aryl methyl sites for hydroxylation is 2. The van der Waals surface area contributed by atoms with Crippen LogP contribution in [0.4, 0.5) is 16.2 Å². The number of nitrogens with zero attached hydrogens (tertiary/aromatic N) is 2. The van der Waals surface area contributed by atoms with E-state index in [4.69, 9.17) is 9.47 Å². The first-order valence-corrected chi connectivity index (χ1v) is 8.22. The van der Waals surface area contributed by atoms with Crippen LogP contribution < -0.4 is 25.7 Å². The summed E-state index contributed by atoms with van der Waals surface area (Å²) >= 11 is 0. The molecule has 2 aromatic heterocycles. The highest BCUT2D eigenvalue weighted by atomic mass is 16.5. The first kappa shape index (κ1) is 18.2. The monoisotopic (exact) mass is 368 g/mol. The second-order valence-electron chi connectivity index (χ2n) is 5.96. The predicted octanol–water partition coefficient (Wildman–Crippen LogP) is 2.97. The van der Waals surface area contributed by atoms with Crippen molar-refractivity contribution < 1.29 is 14.3 Å². The molecular weight excluding hydrogens is 348 g/mol. The molecule has 0 saturated heterocycles. The Morgan fingerprint density at radius 3 is 2.48 bits per heavy atom. The number of hydrogen-bond donors (Lipinski definition) is 2. The summed E-state index contributed by atoms with van der Waals surface area (Å²) in [4.78, 5) is 29.4. The topological polar surface area (TPSA) is 94.0 Å². The minimum atomic E-state index is -0.559. The minimum Gasteiger partial charge on any atom is -0.493 e. The van der Waals surface area contributed by atoms with Crippen LogP contribution in [-0.4, -0.2) is 29.6 Å². The zero-order valence-corrected chi connectivity index (χ0v) is 15.5. The number of rotatable bonds is 4. The molecule has 2 N–H and O–H groups in total. The molecule has 1 aromatic carbocycles. The Hall–Kier alpha value is -3.55. The van der Waals surface area contributed by atoms with Gasteiger partial charge in [-0.05, 0) is 43.7 Å². The van der Waals surface area contributed by atoms with Crippen LogP contribution >= 0.6 is 0 Å². The average Bonchev–Trinajstić information content (AvgIpc) is 2.64. The largest absolute Gasteiger partial charge is 0.493 e. The molecule has 0 radical (unpaired) electrons. The zero-order chi connectivity index (χ0) is 19.6. The number of hydrogen-bond acceptors (Lipinski definition) is 5. The lowest BCUT2D eigenvalue weighted by molar-refractivity contribution is 0.262. The Balaban J connectivity index is 1.86. The van der Waals surface area contributed by atoms with Crippen LogP contribution in [0.5, 0.6) is 11.5 Å². The second kappa shape index (κ2) is 7.36. The summed E-state index contributed by atoms with van der Waals surface area (Å²) in [5.74, 6) is 1.03. The third-order valence-corrected chi connectivity index (χ3v) is 4.05. The van der Waals surface area contributed by atoms with E-state index in [-0.39, 0.29) is 11.2 Å². The molecule has 140 valence electrons. The maximum absolute atomic E-state index is 12.7. The van der Waals surface area contributed by atoms with Gasteiger partial charge in [-0.15, -0.1) is 0 Å². The molecule has 0 aliphatic carbocycles. The Morgan fingerprint density at radius 1 is 1.04 bits per heavy atom. The van der Waals surface area contributed by atoms with Gasteiger partial charge in [0.05, 0.1) is 19.9 Å². The maximum atomic E-state index is 12.7. The fraction of sp³-hybridized carbons (Fsp3) is 0.211. The summed E-state index contributed by atoms with van der Waals surface area (Å²) < 4.78 is 11.8. The van der Waals surface area contributed by atoms with Crippen molar-refractivity contribution >= 4 is 23.1 Å². The summed E-state index contributed by atoms with van der Waals surface area (Å²) in [6.45, 7) is 3.60. The third-order valence-electron chi connectivity index (χ3n) is 4.05. The van der Waals surface area contributed by atoms with Crippen molar-refractivity contribution in [1.29, 1.82) is 0 Å². The molecule has 0 unspecified atom stereocenters. The van der Waals surface area contributed by atoms with Crippen molar-refractivity contribution in [3.8, 4) is 11.5 Å².